The highest BCUT2D eigenvalue weighted by Gasteiger charge is 2.28. The van der Waals surface area contributed by atoms with Gasteiger partial charge in [-0.15, -0.1) is 0 Å². The van der Waals surface area contributed by atoms with Gasteiger partial charge in [-0.2, -0.15) is 0 Å². The lowest BCUT2D eigenvalue weighted by Crippen LogP contribution is -2.48. The van der Waals surface area contributed by atoms with Gasteiger partial charge in [0.1, 0.15) is 5.75 Å². The number of nitrogens with one attached hydrogen (secondary N) is 2. The quantitative estimate of drug-likeness (QED) is 0.662. The summed E-state index contributed by atoms with van der Waals surface area (Å²) in [6.45, 7) is 7.14. The van der Waals surface area contributed by atoms with Gasteiger partial charge in [-0.05, 0) is 49.4 Å². The molecule has 0 aromatic heterocycles. The number of rotatable bonds is 7. The smallest absolute Gasteiger partial charge is 0.341 e. The SMILES string of the molecule is Cc1cc(OCC(=O)O)ccc1NC(=O)C1CCCN(C(=O)NCC(C)C)C1. The number of hydrogen-bond acceptors (Lipinski definition) is 4. The third-order valence-electron chi connectivity index (χ3n) is 4.56. The van der Waals surface area contributed by atoms with E-state index in [0.29, 0.717) is 37.0 Å². The van der Waals surface area contributed by atoms with Crippen LogP contribution in [0.4, 0.5) is 10.5 Å². The van der Waals surface area contributed by atoms with Crippen molar-refractivity contribution in [3.63, 3.8) is 0 Å². The van der Waals surface area contributed by atoms with Gasteiger partial charge in [0.15, 0.2) is 6.61 Å². The Bertz CT molecular complexity index is 720. The molecule has 1 unspecified atom stereocenters. The number of carboxylic acids is 1. The van der Waals surface area contributed by atoms with Gasteiger partial charge in [0, 0.05) is 25.3 Å². The van der Waals surface area contributed by atoms with Crippen molar-refractivity contribution in [2.75, 3.05) is 31.6 Å². The largest absolute Gasteiger partial charge is 0.482 e. The Balaban J connectivity index is 1.92. The van der Waals surface area contributed by atoms with Crippen LogP contribution in [0.15, 0.2) is 18.2 Å². The number of likely N-dealkylation sites (tertiary alicyclic amines) is 1. The van der Waals surface area contributed by atoms with Crippen molar-refractivity contribution in [3.8, 4) is 5.75 Å². The normalized spacial score (nSPS) is 16.6. The third-order valence-corrected chi connectivity index (χ3v) is 4.56. The van der Waals surface area contributed by atoms with E-state index in [9.17, 15) is 14.4 Å². The molecule has 0 spiro atoms. The Morgan fingerprint density at radius 3 is 2.71 bits per heavy atom. The van der Waals surface area contributed by atoms with Gasteiger partial charge in [-0.25, -0.2) is 9.59 Å². The van der Waals surface area contributed by atoms with Crippen molar-refractivity contribution in [1.29, 1.82) is 0 Å². The van der Waals surface area contributed by atoms with Crippen LogP contribution in [0.3, 0.4) is 0 Å². The van der Waals surface area contributed by atoms with Crippen molar-refractivity contribution < 1.29 is 24.2 Å². The van der Waals surface area contributed by atoms with Gasteiger partial charge in [-0.1, -0.05) is 13.8 Å². The Morgan fingerprint density at radius 1 is 1.32 bits per heavy atom. The van der Waals surface area contributed by atoms with Crippen LogP contribution in [0, 0.1) is 18.8 Å². The minimum atomic E-state index is -1.05. The lowest BCUT2D eigenvalue weighted by Gasteiger charge is -2.32. The molecular formula is C20H29N3O5. The summed E-state index contributed by atoms with van der Waals surface area (Å²) >= 11 is 0. The molecule has 0 aliphatic carbocycles. The third kappa shape index (κ3) is 6.44. The van der Waals surface area contributed by atoms with Crippen LogP contribution in [0.2, 0.25) is 0 Å². The number of anilines is 1. The van der Waals surface area contributed by atoms with E-state index in [2.05, 4.69) is 10.6 Å². The zero-order chi connectivity index (χ0) is 20.7. The number of carboxylic acid groups (broad SMARTS) is 1. The monoisotopic (exact) mass is 391 g/mol. The molecule has 0 saturated carbocycles. The minimum Gasteiger partial charge on any atom is -0.482 e. The number of ether oxygens (including phenoxy) is 1. The van der Waals surface area contributed by atoms with Crippen molar-refractivity contribution in [3.05, 3.63) is 23.8 Å². The number of carbonyl (C=O) groups is 3. The van der Waals surface area contributed by atoms with E-state index < -0.39 is 12.6 Å². The molecule has 1 aliphatic heterocycles. The van der Waals surface area contributed by atoms with Crippen LogP contribution in [0.5, 0.6) is 5.75 Å². The fraction of sp³-hybridized carbons (Fsp3) is 0.550. The standard InChI is InChI=1S/C20H29N3O5/c1-13(2)10-21-20(27)23-8-4-5-15(11-23)19(26)22-17-7-6-16(9-14(17)3)28-12-18(24)25/h6-7,9,13,15H,4-5,8,10-12H2,1-3H3,(H,21,27)(H,22,26)(H,24,25). The van der Waals surface area contributed by atoms with Crippen molar-refractivity contribution in [2.24, 2.45) is 11.8 Å². The fourth-order valence-electron chi connectivity index (χ4n) is 3.02. The molecule has 3 amide bonds. The number of nitrogens with zero attached hydrogens (tertiary/aromatic N) is 1. The van der Waals surface area contributed by atoms with E-state index in [0.717, 1.165) is 18.4 Å². The summed E-state index contributed by atoms with van der Waals surface area (Å²) in [5.41, 5.74) is 1.42. The van der Waals surface area contributed by atoms with Crippen LogP contribution >= 0.6 is 0 Å². The van der Waals surface area contributed by atoms with Crippen molar-refractivity contribution >= 4 is 23.6 Å². The average Bonchev–Trinajstić information content (AvgIpc) is 2.66. The number of urea groups is 1. The lowest BCUT2D eigenvalue weighted by atomic mass is 9.97. The van der Waals surface area contributed by atoms with Crippen LogP contribution in [-0.4, -0.2) is 54.2 Å². The molecule has 1 aliphatic rings. The van der Waals surface area contributed by atoms with Gasteiger partial charge in [0.05, 0.1) is 5.92 Å². The first-order valence-electron chi connectivity index (χ1n) is 9.55. The van der Waals surface area contributed by atoms with E-state index in [4.69, 9.17) is 9.84 Å². The summed E-state index contributed by atoms with van der Waals surface area (Å²) in [4.78, 5) is 37.2. The molecular weight excluding hydrogens is 362 g/mol. The number of aryl methyl sites for hydroxylation is 1. The van der Waals surface area contributed by atoms with Crippen LogP contribution in [0.25, 0.3) is 0 Å². The number of hydrogen-bond donors (Lipinski definition) is 3. The maximum atomic E-state index is 12.7. The Labute approximate surface area is 165 Å². The Morgan fingerprint density at radius 2 is 2.07 bits per heavy atom. The van der Waals surface area contributed by atoms with Gasteiger partial charge in [0.25, 0.3) is 0 Å². The van der Waals surface area contributed by atoms with E-state index in [1.54, 1.807) is 23.1 Å². The van der Waals surface area contributed by atoms with Crippen molar-refractivity contribution in [2.45, 2.75) is 33.6 Å². The van der Waals surface area contributed by atoms with Crippen LogP contribution in [-0.2, 0) is 9.59 Å². The molecule has 8 nitrogen and oxygen atoms in total. The molecule has 1 heterocycles. The predicted molar refractivity (Wildman–Crippen MR) is 105 cm³/mol. The first-order valence-corrected chi connectivity index (χ1v) is 9.55. The first kappa shape index (κ1) is 21.5. The molecule has 0 bridgehead atoms. The molecule has 0 radical (unpaired) electrons. The zero-order valence-corrected chi connectivity index (χ0v) is 16.7. The maximum absolute atomic E-state index is 12.7. The fourth-order valence-corrected chi connectivity index (χ4v) is 3.02. The number of amides is 3. The summed E-state index contributed by atoms with van der Waals surface area (Å²) in [5, 5.41) is 14.5. The van der Waals surface area contributed by atoms with Crippen LogP contribution < -0.4 is 15.4 Å². The summed E-state index contributed by atoms with van der Waals surface area (Å²) < 4.78 is 5.14. The maximum Gasteiger partial charge on any atom is 0.341 e. The summed E-state index contributed by atoms with van der Waals surface area (Å²) in [6, 6.07) is 4.88. The van der Waals surface area contributed by atoms with Gasteiger partial charge in [-0.3, -0.25) is 4.79 Å². The lowest BCUT2D eigenvalue weighted by molar-refractivity contribution is -0.139. The predicted octanol–water partition coefficient (Wildman–Crippen LogP) is 2.47. The second-order valence-electron chi connectivity index (χ2n) is 7.51. The molecule has 1 saturated heterocycles. The summed E-state index contributed by atoms with van der Waals surface area (Å²) in [6.07, 6.45) is 1.52. The summed E-state index contributed by atoms with van der Waals surface area (Å²) in [5.74, 6) is -0.624. The van der Waals surface area contributed by atoms with Crippen LogP contribution in [0.1, 0.15) is 32.3 Å². The molecule has 28 heavy (non-hydrogen) atoms. The van der Waals surface area contributed by atoms with E-state index in [1.807, 2.05) is 20.8 Å². The average molecular weight is 391 g/mol. The molecule has 3 N–H and O–H groups in total. The molecule has 1 aromatic rings. The first-order chi connectivity index (χ1) is 13.3. The topological polar surface area (TPSA) is 108 Å². The second kappa shape index (κ2) is 9.96. The number of carbonyl (C=O) groups excluding carboxylic acids is 2. The van der Waals surface area contributed by atoms with Gasteiger partial charge in [0.2, 0.25) is 5.91 Å². The molecule has 1 fully saturated rings. The van der Waals surface area contributed by atoms with E-state index in [1.165, 1.54) is 0 Å². The Kier molecular flexibility index (Phi) is 7.66. The highest BCUT2D eigenvalue weighted by atomic mass is 16.5. The molecule has 1 aromatic carbocycles. The Hall–Kier alpha value is -2.77. The van der Waals surface area contributed by atoms with Crippen molar-refractivity contribution in [1.82, 2.24) is 10.2 Å². The zero-order valence-electron chi connectivity index (χ0n) is 16.7. The molecule has 154 valence electrons. The number of aliphatic carboxylic acids is 1. The molecule has 8 heteroatoms. The number of piperidine rings is 1. The van der Waals surface area contributed by atoms with E-state index >= 15 is 0 Å². The van der Waals surface area contributed by atoms with E-state index in [-0.39, 0.29) is 17.9 Å². The highest BCUT2D eigenvalue weighted by molar-refractivity contribution is 5.94. The number of benzene rings is 1. The molecule has 2 rings (SSSR count). The van der Waals surface area contributed by atoms with Gasteiger partial charge >= 0.3 is 12.0 Å². The van der Waals surface area contributed by atoms with Gasteiger partial charge < -0.3 is 25.4 Å². The highest BCUT2D eigenvalue weighted by Crippen LogP contribution is 2.24. The summed E-state index contributed by atoms with van der Waals surface area (Å²) in [7, 11) is 0. The second-order valence-corrected chi connectivity index (χ2v) is 7.51. The molecule has 1 atom stereocenters. The minimum absolute atomic E-state index is 0.122.